The molecule has 0 radical (unpaired) electrons. The average molecular weight is 336 g/mol. The quantitative estimate of drug-likeness (QED) is 0.660. The van der Waals surface area contributed by atoms with E-state index in [9.17, 15) is 0 Å². The van der Waals surface area contributed by atoms with Crippen LogP contribution in [-0.4, -0.2) is 0 Å². The van der Waals surface area contributed by atoms with E-state index in [1.807, 2.05) is 6.07 Å². The number of benzene rings is 1. The van der Waals surface area contributed by atoms with Crippen molar-refractivity contribution in [3.63, 3.8) is 0 Å². The summed E-state index contributed by atoms with van der Waals surface area (Å²) >= 11 is 15.3. The van der Waals surface area contributed by atoms with Gasteiger partial charge in [0.25, 0.3) is 0 Å². The molecule has 0 aliphatic heterocycles. The van der Waals surface area contributed by atoms with Crippen molar-refractivity contribution in [3.8, 4) is 0 Å². The van der Waals surface area contributed by atoms with Crippen molar-refractivity contribution in [1.29, 1.82) is 0 Å². The molecular formula is C11H9BrCl2N2O. The van der Waals surface area contributed by atoms with Crippen molar-refractivity contribution in [2.75, 3.05) is 0 Å². The monoisotopic (exact) mass is 334 g/mol. The first kappa shape index (κ1) is 12.9. The Hall–Kier alpha value is -0.520. The fraction of sp³-hybridized carbons (Fsp3) is 0.0909. The maximum absolute atomic E-state index is 6.12. The zero-order valence-electron chi connectivity index (χ0n) is 8.58. The van der Waals surface area contributed by atoms with Crippen LogP contribution in [0.15, 0.2) is 39.4 Å². The van der Waals surface area contributed by atoms with Crippen molar-refractivity contribution in [2.45, 2.75) is 6.04 Å². The molecule has 0 saturated carbocycles. The van der Waals surface area contributed by atoms with Crippen molar-refractivity contribution < 1.29 is 4.42 Å². The van der Waals surface area contributed by atoms with E-state index >= 15 is 0 Å². The van der Waals surface area contributed by atoms with Crippen LogP contribution >= 0.6 is 39.1 Å². The molecule has 1 heterocycles. The minimum absolute atomic E-state index is 0.340. The third kappa shape index (κ3) is 2.84. The summed E-state index contributed by atoms with van der Waals surface area (Å²) in [6.07, 6.45) is 0. The van der Waals surface area contributed by atoms with Crippen molar-refractivity contribution in [1.82, 2.24) is 5.43 Å². The molecule has 0 amide bonds. The van der Waals surface area contributed by atoms with Gasteiger partial charge in [-0.25, -0.2) is 5.43 Å². The summed E-state index contributed by atoms with van der Waals surface area (Å²) in [5.74, 6) is 6.19. The van der Waals surface area contributed by atoms with E-state index < -0.39 is 0 Å². The van der Waals surface area contributed by atoms with Gasteiger partial charge in [-0.3, -0.25) is 5.84 Å². The molecule has 90 valence electrons. The number of furan rings is 1. The van der Waals surface area contributed by atoms with Gasteiger partial charge in [0, 0.05) is 10.0 Å². The third-order valence-electron chi connectivity index (χ3n) is 2.31. The number of nitrogens with two attached hydrogens (primary N) is 1. The highest BCUT2D eigenvalue weighted by Gasteiger charge is 2.19. The van der Waals surface area contributed by atoms with Crippen LogP contribution in [0.2, 0.25) is 10.0 Å². The molecule has 0 aliphatic rings. The maximum atomic E-state index is 6.12. The van der Waals surface area contributed by atoms with Crippen LogP contribution < -0.4 is 11.3 Å². The fourth-order valence-electron chi connectivity index (χ4n) is 1.54. The Morgan fingerprint density at radius 2 is 2.00 bits per heavy atom. The molecule has 0 saturated heterocycles. The Kier molecular flexibility index (Phi) is 4.12. The van der Waals surface area contributed by atoms with E-state index in [4.69, 9.17) is 33.5 Å². The van der Waals surface area contributed by atoms with Gasteiger partial charge in [0.2, 0.25) is 0 Å². The van der Waals surface area contributed by atoms with Crippen LogP contribution in [0.1, 0.15) is 17.4 Å². The highest BCUT2D eigenvalue weighted by atomic mass is 79.9. The molecule has 6 heteroatoms. The molecular weight excluding hydrogens is 327 g/mol. The number of hydrazine groups is 1. The van der Waals surface area contributed by atoms with Gasteiger partial charge < -0.3 is 4.42 Å². The van der Waals surface area contributed by atoms with Gasteiger partial charge in [0.15, 0.2) is 4.67 Å². The summed E-state index contributed by atoms with van der Waals surface area (Å²) in [6.45, 7) is 0. The van der Waals surface area contributed by atoms with Gasteiger partial charge in [-0.2, -0.15) is 0 Å². The zero-order chi connectivity index (χ0) is 12.4. The second-order valence-electron chi connectivity index (χ2n) is 3.41. The van der Waals surface area contributed by atoms with Gasteiger partial charge in [0.05, 0.1) is 0 Å². The SMILES string of the molecule is NNC(c1ccc(Br)o1)c1cc(Cl)ccc1Cl. The third-order valence-corrected chi connectivity index (χ3v) is 3.32. The van der Waals surface area contributed by atoms with Gasteiger partial charge in [-0.1, -0.05) is 23.2 Å². The lowest BCUT2D eigenvalue weighted by Crippen LogP contribution is -2.28. The second-order valence-corrected chi connectivity index (χ2v) is 5.03. The van der Waals surface area contributed by atoms with Crippen LogP contribution in [-0.2, 0) is 0 Å². The predicted octanol–water partition coefficient (Wildman–Crippen LogP) is 3.90. The van der Waals surface area contributed by atoms with Crippen LogP contribution in [0.5, 0.6) is 0 Å². The number of nitrogens with one attached hydrogen (secondary N) is 1. The van der Waals surface area contributed by atoms with Gasteiger partial charge in [0.1, 0.15) is 11.8 Å². The molecule has 0 fully saturated rings. The molecule has 0 aliphatic carbocycles. The number of rotatable bonds is 3. The van der Waals surface area contributed by atoms with E-state index in [0.717, 1.165) is 5.56 Å². The van der Waals surface area contributed by atoms with Crippen molar-refractivity contribution >= 4 is 39.1 Å². The van der Waals surface area contributed by atoms with Crippen LogP contribution in [0.25, 0.3) is 0 Å². The standard InChI is InChI=1S/C11H9BrCl2N2O/c12-10-4-3-9(17-10)11(16-15)7-5-6(13)1-2-8(7)14/h1-5,11,16H,15H2. The predicted molar refractivity (Wildman–Crippen MR) is 72.0 cm³/mol. The number of hydrogen-bond acceptors (Lipinski definition) is 3. The van der Waals surface area contributed by atoms with E-state index in [1.54, 1.807) is 24.3 Å². The second kappa shape index (κ2) is 5.42. The Balaban J connectivity index is 2.45. The normalized spacial score (nSPS) is 12.7. The molecule has 1 unspecified atom stereocenters. The minimum atomic E-state index is -0.340. The Morgan fingerprint density at radius 1 is 1.24 bits per heavy atom. The summed E-state index contributed by atoms with van der Waals surface area (Å²) < 4.78 is 6.09. The van der Waals surface area contributed by atoms with E-state index in [-0.39, 0.29) is 6.04 Å². The lowest BCUT2D eigenvalue weighted by molar-refractivity contribution is 0.437. The van der Waals surface area contributed by atoms with Crippen LogP contribution in [0.4, 0.5) is 0 Å². The average Bonchev–Trinajstić information content (AvgIpc) is 2.71. The first-order valence-electron chi connectivity index (χ1n) is 4.78. The highest BCUT2D eigenvalue weighted by molar-refractivity contribution is 9.10. The van der Waals surface area contributed by atoms with E-state index in [0.29, 0.717) is 20.5 Å². The Bertz CT molecular complexity index is 530. The Morgan fingerprint density at radius 3 is 2.59 bits per heavy atom. The fourth-order valence-corrected chi connectivity index (χ4v) is 2.27. The number of halogens is 3. The molecule has 0 bridgehead atoms. The summed E-state index contributed by atoms with van der Waals surface area (Å²) in [4.78, 5) is 0. The molecule has 1 atom stereocenters. The summed E-state index contributed by atoms with van der Waals surface area (Å²) in [7, 11) is 0. The van der Waals surface area contributed by atoms with E-state index in [2.05, 4.69) is 21.4 Å². The highest BCUT2D eigenvalue weighted by Crippen LogP contribution is 2.31. The van der Waals surface area contributed by atoms with Crippen molar-refractivity contribution in [3.05, 3.63) is 56.4 Å². The minimum Gasteiger partial charge on any atom is -0.452 e. The van der Waals surface area contributed by atoms with Gasteiger partial charge >= 0.3 is 0 Å². The Labute approximate surface area is 117 Å². The molecule has 17 heavy (non-hydrogen) atoms. The molecule has 2 aromatic rings. The molecule has 1 aromatic heterocycles. The largest absolute Gasteiger partial charge is 0.452 e. The van der Waals surface area contributed by atoms with Gasteiger partial charge in [-0.05, 0) is 51.8 Å². The summed E-state index contributed by atoms with van der Waals surface area (Å²) in [5.41, 5.74) is 3.43. The zero-order valence-corrected chi connectivity index (χ0v) is 11.7. The van der Waals surface area contributed by atoms with E-state index in [1.165, 1.54) is 0 Å². The summed E-state index contributed by atoms with van der Waals surface area (Å²) in [6, 6.07) is 8.46. The number of hydrogen-bond donors (Lipinski definition) is 2. The van der Waals surface area contributed by atoms with Gasteiger partial charge in [-0.15, -0.1) is 0 Å². The lowest BCUT2D eigenvalue weighted by Gasteiger charge is -2.15. The topological polar surface area (TPSA) is 51.2 Å². The molecule has 2 rings (SSSR count). The van der Waals surface area contributed by atoms with Crippen molar-refractivity contribution in [2.24, 2.45) is 5.84 Å². The molecule has 0 spiro atoms. The maximum Gasteiger partial charge on any atom is 0.169 e. The van der Waals surface area contributed by atoms with Crippen LogP contribution in [0, 0.1) is 0 Å². The molecule has 3 N–H and O–H groups in total. The first-order chi connectivity index (χ1) is 8.11. The lowest BCUT2D eigenvalue weighted by atomic mass is 10.1. The summed E-state index contributed by atoms with van der Waals surface area (Å²) in [5, 5.41) is 1.17. The first-order valence-corrected chi connectivity index (χ1v) is 6.33. The molecule has 1 aromatic carbocycles. The van der Waals surface area contributed by atoms with Crippen LogP contribution in [0.3, 0.4) is 0 Å². The molecule has 3 nitrogen and oxygen atoms in total. The smallest absolute Gasteiger partial charge is 0.169 e.